The maximum atomic E-state index is 5.66. The van der Waals surface area contributed by atoms with Crippen molar-refractivity contribution in [1.82, 2.24) is 0 Å². The first-order valence-corrected chi connectivity index (χ1v) is 6.28. The fourth-order valence-electron chi connectivity index (χ4n) is 2.02. The average Bonchev–Trinajstić information content (AvgIpc) is 2.37. The molecule has 0 fully saturated rings. The van der Waals surface area contributed by atoms with Crippen molar-refractivity contribution in [3.63, 3.8) is 0 Å². The van der Waals surface area contributed by atoms with E-state index in [2.05, 4.69) is 30.1 Å². The van der Waals surface area contributed by atoms with Gasteiger partial charge in [0.1, 0.15) is 5.75 Å². The van der Waals surface area contributed by atoms with Crippen LogP contribution in [0.2, 0.25) is 0 Å². The highest BCUT2D eigenvalue weighted by Gasteiger charge is 2.12. The molecule has 0 atom stereocenters. The fraction of sp³-hybridized carbons (Fsp3) is 0.400. The van der Waals surface area contributed by atoms with Crippen LogP contribution in [0.4, 0.5) is 0 Å². The molecule has 1 aromatic carbocycles. The molecule has 2 nitrogen and oxygen atoms in total. The Morgan fingerprint density at radius 2 is 2.29 bits per heavy atom. The molecule has 0 N–H and O–H groups in total. The minimum atomic E-state index is 0.786. The largest absolute Gasteiger partial charge is 0.494 e. The van der Waals surface area contributed by atoms with E-state index < -0.39 is 0 Å². The van der Waals surface area contributed by atoms with Crippen molar-refractivity contribution in [3.05, 3.63) is 41.5 Å². The van der Waals surface area contributed by atoms with Crippen LogP contribution in [0.25, 0.3) is 0 Å². The molecule has 0 aliphatic carbocycles. The van der Waals surface area contributed by atoms with E-state index in [4.69, 9.17) is 4.74 Å². The van der Waals surface area contributed by atoms with E-state index in [0.717, 1.165) is 37.5 Å². The zero-order chi connectivity index (χ0) is 12.1. The van der Waals surface area contributed by atoms with Crippen molar-refractivity contribution in [2.45, 2.75) is 26.7 Å². The Morgan fingerprint density at radius 1 is 1.41 bits per heavy atom. The van der Waals surface area contributed by atoms with Crippen molar-refractivity contribution in [3.8, 4) is 5.75 Å². The van der Waals surface area contributed by atoms with E-state index >= 15 is 0 Å². The van der Waals surface area contributed by atoms with Gasteiger partial charge in [-0.2, -0.15) is 0 Å². The minimum Gasteiger partial charge on any atom is -0.494 e. The van der Waals surface area contributed by atoms with Crippen LogP contribution >= 0.6 is 0 Å². The Bertz CT molecular complexity index is 446. The third-order valence-corrected chi connectivity index (χ3v) is 2.81. The number of ether oxygens (including phenoxy) is 1. The molecule has 0 saturated carbocycles. The number of benzene rings is 1. The fourth-order valence-corrected chi connectivity index (χ4v) is 2.02. The number of fused-ring (bicyclic) bond motifs is 1. The molecular weight excluding hydrogens is 210 g/mol. The van der Waals surface area contributed by atoms with E-state index in [1.807, 2.05) is 19.1 Å². The van der Waals surface area contributed by atoms with Gasteiger partial charge in [-0.1, -0.05) is 13.0 Å². The van der Waals surface area contributed by atoms with Crippen LogP contribution in [-0.4, -0.2) is 18.9 Å². The van der Waals surface area contributed by atoms with Gasteiger partial charge >= 0.3 is 0 Å². The summed E-state index contributed by atoms with van der Waals surface area (Å²) in [6, 6.07) is 6.32. The quantitative estimate of drug-likeness (QED) is 0.775. The van der Waals surface area contributed by atoms with Crippen LogP contribution in [0, 0.1) is 0 Å². The summed E-state index contributed by atoms with van der Waals surface area (Å²) in [6.45, 7) is 5.81. The lowest BCUT2D eigenvalue weighted by atomic mass is 9.97. The lowest BCUT2D eigenvalue weighted by Crippen LogP contribution is -2.11. The molecule has 1 heterocycles. The molecule has 90 valence electrons. The molecule has 0 unspecified atom stereocenters. The Kier molecular flexibility index (Phi) is 3.97. The molecule has 0 aromatic heterocycles. The third kappa shape index (κ3) is 2.76. The molecule has 2 rings (SSSR count). The molecule has 0 saturated heterocycles. The summed E-state index contributed by atoms with van der Waals surface area (Å²) in [4.78, 5) is 4.54. The second-order valence-electron chi connectivity index (χ2n) is 4.18. The summed E-state index contributed by atoms with van der Waals surface area (Å²) in [5.41, 5.74) is 3.69. The van der Waals surface area contributed by atoms with Crippen molar-refractivity contribution < 1.29 is 4.74 Å². The molecule has 1 aliphatic heterocycles. The van der Waals surface area contributed by atoms with Crippen LogP contribution in [0.3, 0.4) is 0 Å². The van der Waals surface area contributed by atoms with Gasteiger partial charge in [-0.25, -0.2) is 0 Å². The average molecular weight is 229 g/mol. The molecule has 0 bridgehead atoms. The summed E-state index contributed by atoms with van der Waals surface area (Å²) < 4.78 is 5.66. The second kappa shape index (κ2) is 5.67. The third-order valence-electron chi connectivity index (χ3n) is 2.81. The lowest BCUT2D eigenvalue weighted by Gasteiger charge is -2.16. The Labute approximate surface area is 103 Å². The highest BCUT2D eigenvalue weighted by Crippen LogP contribution is 2.22. The summed E-state index contributed by atoms with van der Waals surface area (Å²) in [5, 5.41) is 0. The van der Waals surface area contributed by atoms with Crippen molar-refractivity contribution in [1.29, 1.82) is 0 Å². The van der Waals surface area contributed by atoms with E-state index in [0.29, 0.717) is 0 Å². The number of rotatable bonds is 4. The second-order valence-corrected chi connectivity index (χ2v) is 4.18. The Balaban J connectivity index is 2.25. The van der Waals surface area contributed by atoms with Gasteiger partial charge in [-0.05, 0) is 49.6 Å². The van der Waals surface area contributed by atoms with Crippen LogP contribution in [0.5, 0.6) is 5.75 Å². The Hall–Kier alpha value is -1.57. The molecule has 0 radical (unpaired) electrons. The smallest absolute Gasteiger partial charge is 0.119 e. The van der Waals surface area contributed by atoms with E-state index in [1.54, 1.807) is 0 Å². The highest BCUT2D eigenvalue weighted by atomic mass is 16.5. The van der Waals surface area contributed by atoms with Crippen LogP contribution in [-0.2, 0) is 6.42 Å². The summed E-state index contributed by atoms with van der Waals surface area (Å²) >= 11 is 0. The molecule has 17 heavy (non-hydrogen) atoms. The standard InChI is InChI=1S/C15H19NO/c1-3-5-15-14-7-6-13(17-10-4-2)11-12(14)8-9-16-15/h3,5-7,11H,4,8-10H2,1-2H3/b5-3-. The normalized spacial score (nSPS) is 14.6. The number of hydrogen-bond acceptors (Lipinski definition) is 2. The van der Waals surface area contributed by atoms with Crippen LogP contribution in [0.1, 0.15) is 31.4 Å². The maximum Gasteiger partial charge on any atom is 0.119 e. The van der Waals surface area contributed by atoms with E-state index in [9.17, 15) is 0 Å². The lowest BCUT2D eigenvalue weighted by molar-refractivity contribution is 0.317. The zero-order valence-electron chi connectivity index (χ0n) is 10.6. The molecule has 1 aromatic rings. The highest BCUT2D eigenvalue weighted by molar-refractivity contribution is 6.10. The summed E-state index contributed by atoms with van der Waals surface area (Å²) in [7, 11) is 0. The van der Waals surface area contributed by atoms with Gasteiger partial charge in [0.05, 0.1) is 12.3 Å². The zero-order valence-corrected chi connectivity index (χ0v) is 10.6. The molecule has 2 heteroatoms. The molecule has 0 amide bonds. The van der Waals surface area contributed by atoms with Gasteiger partial charge < -0.3 is 4.74 Å². The van der Waals surface area contributed by atoms with Crippen molar-refractivity contribution in [2.75, 3.05) is 13.2 Å². The van der Waals surface area contributed by atoms with E-state index in [-0.39, 0.29) is 0 Å². The van der Waals surface area contributed by atoms with Gasteiger partial charge in [-0.3, -0.25) is 4.99 Å². The van der Waals surface area contributed by atoms with Gasteiger partial charge in [0, 0.05) is 12.1 Å². The predicted molar refractivity (Wildman–Crippen MR) is 72.2 cm³/mol. The van der Waals surface area contributed by atoms with Gasteiger partial charge in [0.2, 0.25) is 0 Å². The molecule has 1 aliphatic rings. The minimum absolute atomic E-state index is 0.786. The van der Waals surface area contributed by atoms with Gasteiger partial charge in [-0.15, -0.1) is 0 Å². The predicted octanol–water partition coefficient (Wildman–Crippen LogP) is 3.40. The van der Waals surface area contributed by atoms with Crippen LogP contribution < -0.4 is 4.74 Å². The number of aliphatic imine (C=N–C) groups is 1. The summed E-state index contributed by atoms with van der Waals surface area (Å²) in [6.07, 6.45) is 6.17. The Morgan fingerprint density at radius 3 is 3.06 bits per heavy atom. The topological polar surface area (TPSA) is 21.6 Å². The first kappa shape index (κ1) is 11.9. The number of nitrogens with zero attached hydrogens (tertiary/aromatic N) is 1. The monoisotopic (exact) mass is 229 g/mol. The first-order valence-electron chi connectivity index (χ1n) is 6.28. The molecule has 0 spiro atoms. The van der Waals surface area contributed by atoms with E-state index in [1.165, 1.54) is 11.1 Å². The molecular formula is C15H19NO. The van der Waals surface area contributed by atoms with Gasteiger partial charge in [0.15, 0.2) is 0 Å². The van der Waals surface area contributed by atoms with Crippen LogP contribution in [0.15, 0.2) is 35.3 Å². The maximum absolute atomic E-state index is 5.66. The van der Waals surface area contributed by atoms with Crippen molar-refractivity contribution in [2.24, 2.45) is 4.99 Å². The van der Waals surface area contributed by atoms with Crippen molar-refractivity contribution >= 4 is 5.71 Å². The first-order chi connectivity index (χ1) is 8.35. The number of allylic oxidation sites excluding steroid dienone is 2. The number of hydrogen-bond donors (Lipinski definition) is 0. The SMILES string of the molecule is C/C=C\C1=NCCc2cc(OCCC)ccc21. The summed E-state index contributed by atoms with van der Waals surface area (Å²) in [5.74, 6) is 0.979. The van der Waals surface area contributed by atoms with Gasteiger partial charge in [0.25, 0.3) is 0 Å².